The number of ketones is 1. The van der Waals surface area contributed by atoms with Crippen LogP contribution in [0.3, 0.4) is 0 Å². The van der Waals surface area contributed by atoms with Crippen LogP contribution in [0.4, 0.5) is 0 Å². The van der Waals surface area contributed by atoms with Gasteiger partial charge in [0.15, 0.2) is 0 Å². The van der Waals surface area contributed by atoms with E-state index in [0.717, 1.165) is 32.1 Å². The summed E-state index contributed by atoms with van der Waals surface area (Å²) in [5.74, 6) is -1.78. The normalized spacial score (nSPS) is 16.4. The maximum atomic E-state index is 12.5. The van der Waals surface area contributed by atoms with Gasteiger partial charge >= 0.3 is 5.97 Å². The quantitative estimate of drug-likeness (QED) is 0.509. The fourth-order valence-corrected chi connectivity index (χ4v) is 2.81. The summed E-state index contributed by atoms with van der Waals surface area (Å²) < 4.78 is 4.97. The molecule has 0 aromatic heterocycles. The van der Waals surface area contributed by atoms with E-state index in [1.165, 1.54) is 19.1 Å². The summed E-state index contributed by atoms with van der Waals surface area (Å²) in [5.41, 5.74) is 0.277. The van der Waals surface area contributed by atoms with Crippen molar-refractivity contribution in [3.63, 3.8) is 0 Å². The van der Waals surface area contributed by atoms with E-state index >= 15 is 0 Å². The van der Waals surface area contributed by atoms with Gasteiger partial charge in [0.1, 0.15) is 0 Å². The minimum Gasteiger partial charge on any atom is -0.444 e. The summed E-state index contributed by atoms with van der Waals surface area (Å²) in [4.78, 5) is 36.2. The Morgan fingerprint density at radius 3 is 2.30 bits per heavy atom. The van der Waals surface area contributed by atoms with Crippen molar-refractivity contribution in [3.05, 3.63) is 34.9 Å². The second-order valence-corrected chi connectivity index (χ2v) is 6.14. The van der Waals surface area contributed by atoms with Gasteiger partial charge in [-0.1, -0.05) is 30.9 Å². The molecule has 6 heteroatoms. The van der Waals surface area contributed by atoms with Crippen LogP contribution in [0, 0.1) is 0 Å². The first-order valence-corrected chi connectivity index (χ1v) is 8.12. The second kappa shape index (κ2) is 8.11. The Hall–Kier alpha value is -1.88. The van der Waals surface area contributed by atoms with Crippen molar-refractivity contribution in [1.29, 1.82) is 0 Å². The average Bonchev–Trinajstić information content (AvgIpc) is 2.53. The number of hydrogen-bond donors (Lipinski definition) is 1. The maximum Gasteiger partial charge on any atom is 0.303 e. The third-order valence-corrected chi connectivity index (χ3v) is 4.09. The predicted octanol–water partition coefficient (Wildman–Crippen LogP) is 2.90. The van der Waals surface area contributed by atoms with E-state index in [4.69, 9.17) is 16.3 Å². The lowest BCUT2D eigenvalue weighted by Gasteiger charge is -2.25. The number of hydrogen-bond acceptors (Lipinski definition) is 4. The van der Waals surface area contributed by atoms with Crippen LogP contribution < -0.4 is 5.32 Å². The van der Waals surface area contributed by atoms with Gasteiger partial charge in [-0.25, -0.2) is 0 Å². The molecule has 1 unspecified atom stereocenters. The standard InChI is InChI=1S/C17H20ClNO4/c1-11(20)23-16(15(21)12-7-9-13(18)10-8-12)17(22)19-14-5-3-2-4-6-14/h7-10,14,16H,2-6H2,1H3,(H,19,22). The number of Topliss-reactive ketones (excluding diaryl/α,β-unsaturated/α-hetero) is 1. The first-order valence-electron chi connectivity index (χ1n) is 7.75. The first kappa shape index (κ1) is 17.5. The smallest absolute Gasteiger partial charge is 0.303 e. The number of amides is 1. The lowest BCUT2D eigenvalue weighted by molar-refractivity contribution is -0.151. The molecular weight excluding hydrogens is 318 g/mol. The van der Waals surface area contributed by atoms with Crippen LogP contribution in [0.25, 0.3) is 0 Å². The van der Waals surface area contributed by atoms with Crippen molar-refractivity contribution in [2.24, 2.45) is 0 Å². The highest BCUT2D eigenvalue weighted by Gasteiger charge is 2.32. The van der Waals surface area contributed by atoms with Crippen molar-refractivity contribution >= 4 is 29.3 Å². The topological polar surface area (TPSA) is 72.5 Å². The van der Waals surface area contributed by atoms with Crippen LogP contribution in [0.2, 0.25) is 5.02 Å². The number of esters is 1. The molecule has 5 nitrogen and oxygen atoms in total. The Balaban J connectivity index is 2.11. The zero-order valence-corrected chi connectivity index (χ0v) is 13.8. The number of carbonyl (C=O) groups excluding carboxylic acids is 3. The number of ether oxygens (including phenoxy) is 1. The Kier molecular flexibility index (Phi) is 6.16. The summed E-state index contributed by atoms with van der Waals surface area (Å²) in [6, 6.07) is 6.16. The van der Waals surface area contributed by atoms with Crippen LogP contribution in [0.1, 0.15) is 49.4 Å². The van der Waals surface area contributed by atoms with Gasteiger partial charge < -0.3 is 10.1 Å². The van der Waals surface area contributed by atoms with E-state index in [-0.39, 0.29) is 11.6 Å². The van der Waals surface area contributed by atoms with Crippen molar-refractivity contribution < 1.29 is 19.1 Å². The summed E-state index contributed by atoms with van der Waals surface area (Å²) in [6.45, 7) is 1.18. The Morgan fingerprint density at radius 2 is 1.74 bits per heavy atom. The van der Waals surface area contributed by atoms with Gasteiger partial charge in [-0.3, -0.25) is 14.4 Å². The molecule has 0 bridgehead atoms. The van der Waals surface area contributed by atoms with Crippen molar-refractivity contribution in [1.82, 2.24) is 5.32 Å². The molecule has 2 rings (SSSR count). The van der Waals surface area contributed by atoms with Crippen LogP contribution in [0.5, 0.6) is 0 Å². The molecule has 0 aliphatic heterocycles. The Morgan fingerprint density at radius 1 is 1.13 bits per heavy atom. The Bertz CT molecular complexity index is 579. The lowest BCUT2D eigenvalue weighted by atomic mass is 9.95. The number of rotatable bonds is 5. The zero-order chi connectivity index (χ0) is 16.8. The van der Waals surface area contributed by atoms with Gasteiger partial charge in [-0.2, -0.15) is 0 Å². The molecule has 0 saturated heterocycles. The van der Waals surface area contributed by atoms with Crippen molar-refractivity contribution in [3.8, 4) is 0 Å². The third-order valence-electron chi connectivity index (χ3n) is 3.84. The molecule has 1 fully saturated rings. The molecular formula is C17H20ClNO4. The summed E-state index contributed by atoms with van der Waals surface area (Å²) in [5, 5.41) is 3.31. The van der Waals surface area contributed by atoms with Gasteiger partial charge in [-0.15, -0.1) is 0 Å². The summed E-state index contributed by atoms with van der Waals surface area (Å²) in [6.07, 6.45) is 3.56. The molecule has 1 aromatic carbocycles. The van der Waals surface area contributed by atoms with E-state index in [2.05, 4.69) is 5.32 Å². The lowest BCUT2D eigenvalue weighted by Crippen LogP contribution is -2.47. The molecule has 124 valence electrons. The summed E-state index contributed by atoms with van der Waals surface area (Å²) >= 11 is 5.80. The van der Waals surface area contributed by atoms with E-state index < -0.39 is 23.8 Å². The highest BCUT2D eigenvalue weighted by Crippen LogP contribution is 2.18. The van der Waals surface area contributed by atoms with Crippen LogP contribution in [-0.2, 0) is 14.3 Å². The molecule has 1 aliphatic rings. The fourth-order valence-electron chi connectivity index (χ4n) is 2.68. The third kappa shape index (κ3) is 5.06. The van der Waals surface area contributed by atoms with Crippen molar-refractivity contribution in [2.75, 3.05) is 0 Å². The van der Waals surface area contributed by atoms with E-state index in [1.54, 1.807) is 12.1 Å². The molecule has 1 amide bonds. The van der Waals surface area contributed by atoms with Gasteiger partial charge in [-0.05, 0) is 37.1 Å². The molecule has 1 saturated carbocycles. The van der Waals surface area contributed by atoms with E-state index in [1.807, 2.05) is 0 Å². The van der Waals surface area contributed by atoms with Crippen molar-refractivity contribution in [2.45, 2.75) is 51.2 Å². The van der Waals surface area contributed by atoms with Crippen LogP contribution >= 0.6 is 11.6 Å². The SMILES string of the molecule is CC(=O)OC(C(=O)NC1CCCCC1)C(=O)c1ccc(Cl)cc1. The fraction of sp³-hybridized carbons (Fsp3) is 0.471. The molecule has 23 heavy (non-hydrogen) atoms. The number of carbonyl (C=O) groups is 3. The minimum absolute atomic E-state index is 0.0346. The number of halogens is 1. The molecule has 0 spiro atoms. The van der Waals surface area contributed by atoms with Crippen LogP contribution in [0.15, 0.2) is 24.3 Å². The van der Waals surface area contributed by atoms with Gasteiger partial charge in [0, 0.05) is 23.6 Å². The predicted molar refractivity (Wildman–Crippen MR) is 86.4 cm³/mol. The monoisotopic (exact) mass is 337 g/mol. The molecule has 1 N–H and O–H groups in total. The maximum absolute atomic E-state index is 12.5. The molecule has 0 radical (unpaired) electrons. The van der Waals surface area contributed by atoms with Crippen LogP contribution in [-0.4, -0.2) is 29.8 Å². The molecule has 1 atom stereocenters. The van der Waals surface area contributed by atoms with E-state index in [0.29, 0.717) is 5.02 Å². The number of benzene rings is 1. The highest BCUT2D eigenvalue weighted by molar-refractivity contribution is 6.30. The zero-order valence-electron chi connectivity index (χ0n) is 13.0. The van der Waals surface area contributed by atoms with Gasteiger partial charge in [0.2, 0.25) is 11.9 Å². The second-order valence-electron chi connectivity index (χ2n) is 5.70. The van der Waals surface area contributed by atoms with E-state index in [9.17, 15) is 14.4 Å². The highest BCUT2D eigenvalue weighted by atomic mass is 35.5. The molecule has 1 aromatic rings. The van der Waals surface area contributed by atoms with Gasteiger partial charge in [0.05, 0.1) is 0 Å². The first-order chi connectivity index (χ1) is 11.0. The minimum atomic E-state index is -1.46. The Labute approximate surface area is 140 Å². The molecule has 1 aliphatic carbocycles. The average molecular weight is 338 g/mol. The van der Waals surface area contributed by atoms with Gasteiger partial charge in [0.25, 0.3) is 5.91 Å². The number of nitrogens with one attached hydrogen (secondary N) is 1. The summed E-state index contributed by atoms with van der Waals surface area (Å²) in [7, 11) is 0. The largest absolute Gasteiger partial charge is 0.444 e. The molecule has 0 heterocycles.